The highest BCUT2D eigenvalue weighted by Crippen LogP contribution is 2.30. The number of hydrogen-bond acceptors (Lipinski definition) is 4. The number of nitrogens with zero attached hydrogens (tertiary/aromatic N) is 1. The van der Waals surface area contributed by atoms with Crippen molar-refractivity contribution in [1.82, 2.24) is 4.37 Å². The van der Waals surface area contributed by atoms with Crippen LogP contribution in [0.1, 0.15) is 16.1 Å². The maximum atomic E-state index is 13.6. The summed E-state index contributed by atoms with van der Waals surface area (Å²) < 4.78 is 18.2. The summed E-state index contributed by atoms with van der Waals surface area (Å²) in [7, 11) is 0. The van der Waals surface area contributed by atoms with Crippen molar-refractivity contribution >= 4 is 44.1 Å². The van der Waals surface area contributed by atoms with Gasteiger partial charge in [0.2, 0.25) is 0 Å². The fraction of sp³-hybridized carbons (Fsp3) is 0.0909. The average Bonchev–Trinajstić information content (AvgIpc) is 2.64. The van der Waals surface area contributed by atoms with Crippen molar-refractivity contribution in [3.63, 3.8) is 0 Å². The molecule has 4 nitrogen and oxygen atoms in total. The van der Waals surface area contributed by atoms with E-state index in [2.05, 4.69) is 25.6 Å². The van der Waals surface area contributed by atoms with Crippen LogP contribution in [0, 0.1) is 12.7 Å². The minimum Gasteiger partial charge on any atom is -0.478 e. The van der Waals surface area contributed by atoms with Crippen molar-refractivity contribution in [2.24, 2.45) is 0 Å². The minimum atomic E-state index is -1.08. The molecule has 0 saturated carbocycles. The van der Waals surface area contributed by atoms with Crippen molar-refractivity contribution in [1.29, 1.82) is 0 Å². The summed E-state index contributed by atoms with van der Waals surface area (Å²) in [5.74, 6) is -1.55. The molecule has 0 spiro atoms. The molecule has 1 aromatic carbocycles. The lowest BCUT2D eigenvalue weighted by Crippen LogP contribution is -2.02. The van der Waals surface area contributed by atoms with Crippen LogP contribution in [0.3, 0.4) is 0 Å². The van der Waals surface area contributed by atoms with E-state index in [0.717, 1.165) is 11.5 Å². The fourth-order valence-corrected chi connectivity index (χ4v) is 2.55. The van der Waals surface area contributed by atoms with Crippen LogP contribution in [0.2, 0.25) is 0 Å². The first-order valence-corrected chi connectivity index (χ1v) is 6.47. The molecule has 0 aliphatic rings. The highest BCUT2D eigenvalue weighted by molar-refractivity contribution is 9.10. The van der Waals surface area contributed by atoms with E-state index in [1.54, 1.807) is 13.0 Å². The van der Waals surface area contributed by atoms with E-state index in [-0.39, 0.29) is 11.3 Å². The summed E-state index contributed by atoms with van der Waals surface area (Å²) in [6, 6.07) is 4.50. The van der Waals surface area contributed by atoms with Gasteiger partial charge in [-0.15, -0.1) is 0 Å². The zero-order valence-corrected chi connectivity index (χ0v) is 11.6. The first-order valence-electron chi connectivity index (χ1n) is 4.90. The maximum absolute atomic E-state index is 13.6. The molecule has 0 unspecified atom stereocenters. The highest BCUT2D eigenvalue weighted by Gasteiger charge is 2.18. The summed E-state index contributed by atoms with van der Waals surface area (Å²) in [6.07, 6.45) is 0. The predicted octanol–water partition coefficient (Wildman–Crippen LogP) is 3.79. The molecule has 0 aliphatic heterocycles. The van der Waals surface area contributed by atoms with E-state index < -0.39 is 11.8 Å². The zero-order chi connectivity index (χ0) is 13.3. The van der Waals surface area contributed by atoms with Crippen LogP contribution in [0.4, 0.5) is 15.1 Å². The molecule has 0 atom stereocenters. The quantitative estimate of drug-likeness (QED) is 0.898. The van der Waals surface area contributed by atoms with Crippen LogP contribution in [-0.2, 0) is 0 Å². The second kappa shape index (κ2) is 5.03. The standard InChI is InChI=1S/C11H8BrFN2O2S/c1-5-9(11(16)17)10(18-15-5)14-8-3-2-6(12)4-7(8)13/h2-4,14H,1H3,(H,16,17). The summed E-state index contributed by atoms with van der Waals surface area (Å²) in [5, 5.41) is 12.1. The van der Waals surface area contributed by atoms with Crippen LogP contribution >= 0.6 is 27.5 Å². The SMILES string of the molecule is Cc1nsc(Nc2ccc(Br)cc2F)c1C(=O)O. The van der Waals surface area contributed by atoms with Crippen molar-refractivity contribution in [2.45, 2.75) is 6.92 Å². The van der Waals surface area contributed by atoms with Gasteiger partial charge < -0.3 is 10.4 Å². The molecule has 7 heteroatoms. The number of aromatic carboxylic acids is 1. The van der Waals surface area contributed by atoms with Gasteiger partial charge >= 0.3 is 5.97 Å². The number of aryl methyl sites for hydroxylation is 1. The Bertz CT molecular complexity index is 615. The van der Waals surface area contributed by atoms with Crippen molar-refractivity contribution in [2.75, 3.05) is 5.32 Å². The molecule has 2 aromatic rings. The Hall–Kier alpha value is -1.47. The van der Waals surface area contributed by atoms with Crippen molar-refractivity contribution < 1.29 is 14.3 Å². The van der Waals surface area contributed by atoms with Gasteiger partial charge in [0.1, 0.15) is 16.4 Å². The summed E-state index contributed by atoms with van der Waals surface area (Å²) in [5.41, 5.74) is 0.694. The number of carboxylic acids is 1. The van der Waals surface area contributed by atoms with E-state index in [4.69, 9.17) is 5.11 Å². The lowest BCUT2D eigenvalue weighted by molar-refractivity contribution is 0.0697. The molecule has 0 aliphatic carbocycles. The smallest absolute Gasteiger partial charge is 0.340 e. The normalized spacial score (nSPS) is 10.4. The number of carboxylic acid groups (broad SMARTS) is 1. The predicted molar refractivity (Wildman–Crippen MR) is 71.2 cm³/mol. The molecule has 2 rings (SSSR count). The van der Waals surface area contributed by atoms with Crippen LogP contribution in [-0.4, -0.2) is 15.4 Å². The van der Waals surface area contributed by atoms with E-state index >= 15 is 0 Å². The Morgan fingerprint density at radius 2 is 2.28 bits per heavy atom. The Balaban J connectivity index is 2.37. The van der Waals surface area contributed by atoms with Crippen LogP contribution in [0.15, 0.2) is 22.7 Å². The second-order valence-electron chi connectivity index (χ2n) is 3.53. The molecular formula is C11H8BrFN2O2S. The van der Waals surface area contributed by atoms with Gasteiger partial charge in [0.05, 0.1) is 11.4 Å². The molecule has 2 N–H and O–H groups in total. The molecule has 94 valence electrons. The molecule has 0 amide bonds. The second-order valence-corrected chi connectivity index (χ2v) is 5.22. The topological polar surface area (TPSA) is 62.2 Å². The van der Waals surface area contributed by atoms with Gasteiger partial charge in [0, 0.05) is 4.47 Å². The number of hydrogen-bond donors (Lipinski definition) is 2. The third-order valence-electron chi connectivity index (χ3n) is 2.26. The van der Waals surface area contributed by atoms with E-state index in [1.807, 2.05) is 0 Å². The number of nitrogens with one attached hydrogen (secondary N) is 1. The molecular weight excluding hydrogens is 323 g/mol. The van der Waals surface area contributed by atoms with Crippen molar-refractivity contribution in [3.05, 3.63) is 39.7 Å². The third-order valence-corrected chi connectivity index (χ3v) is 3.60. The largest absolute Gasteiger partial charge is 0.478 e. The van der Waals surface area contributed by atoms with Gasteiger partial charge in [-0.2, -0.15) is 4.37 Å². The fourth-order valence-electron chi connectivity index (χ4n) is 1.42. The van der Waals surface area contributed by atoms with Gasteiger partial charge in [-0.3, -0.25) is 0 Å². The number of rotatable bonds is 3. The molecule has 1 aromatic heterocycles. The van der Waals surface area contributed by atoms with Gasteiger partial charge in [-0.1, -0.05) is 15.9 Å². The Kier molecular flexibility index (Phi) is 3.63. The van der Waals surface area contributed by atoms with Gasteiger partial charge in [-0.05, 0) is 36.7 Å². The minimum absolute atomic E-state index is 0.0716. The molecule has 0 radical (unpaired) electrons. The van der Waals surface area contributed by atoms with E-state index in [9.17, 15) is 9.18 Å². The Morgan fingerprint density at radius 3 is 2.89 bits per heavy atom. The van der Waals surface area contributed by atoms with Crippen LogP contribution in [0.5, 0.6) is 0 Å². The summed E-state index contributed by atoms with van der Waals surface area (Å²) >= 11 is 4.14. The van der Waals surface area contributed by atoms with Gasteiger partial charge in [0.25, 0.3) is 0 Å². The molecule has 0 bridgehead atoms. The molecule has 18 heavy (non-hydrogen) atoms. The molecule has 0 fully saturated rings. The van der Waals surface area contributed by atoms with Gasteiger partial charge in [0.15, 0.2) is 0 Å². The maximum Gasteiger partial charge on any atom is 0.340 e. The Labute approximate surface area is 115 Å². The highest BCUT2D eigenvalue weighted by atomic mass is 79.9. The zero-order valence-electron chi connectivity index (χ0n) is 9.20. The average molecular weight is 331 g/mol. The summed E-state index contributed by atoms with van der Waals surface area (Å²) in [6.45, 7) is 1.60. The van der Waals surface area contributed by atoms with Crippen molar-refractivity contribution in [3.8, 4) is 0 Å². The number of halogens is 2. The third kappa shape index (κ3) is 2.51. The summed E-state index contributed by atoms with van der Waals surface area (Å²) in [4.78, 5) is 11.1. The lowest BCUT2D eigenvalue weighted by atomic mass is 10.2. The number of aromatic nitrogens is 1. The number of benzene rings is 1. The van der Waals surface area contributed by atoms with Crippen LogP contribution < -0.4 is 5.32 Å². The molecule has 1 heterocycles. The van der Waals surface area contributed by atoms with E-state index in [0.29, 0.717) is 15.2 Å². The lowest BCUT2D eigenvalue weighted by Gasteiger charge is -2.06. The number of anilines is 2. The Morgan fingerprint density at radius 1 is 1.56 bits per heavy atom. The number of carbonyl (C=O) groups is 1. The first-order chi connectivity index (χ1) is 8.49. The first kappa shape index (κ1) is 13.0. The van der Waals surface area contributed by atoms with Crippen LogP contribution in [0.25, 0.3) is 0 Å². The molecule has 0 saturated heterocycles. The monoisotopic (exact) mass is 330 g/mol. The van der Waals surface area contributed by atoms with Gasteiger partial charge in [-0.25, -0.2) is 9.18 Å². The van der Waals surface area contributed by atoms with E-state index in [1.165, 1.54) is 12.1 Å².